The van der Waals surface area contributed by atoms with Crippen LogP contribution in [0, 0.1) is 5.82 Å². The first kappa shape index (κ1) is 16.6. The van der Waals surface area contributed by atoms with Crippen molar-refractivity contribution in [2.45, 2.75) is 32.2 Å². The molecular weight excluding hydrogens is 303 g/mol. The number of hydrogen-bond acceptors (Lipinski definition) is 4. The maximum Gasteiger partial charge on any atom is 0.326 e. The van der Waals surface area contributed by atoms with Crippen molar-refractivity contribution in [2.24, 2.45) is 0 Å². The first-order chi connectivity index (χ1) is 11.0. The summed E-state index contributed by atoms with van der Waals surface area (Å²) in [6.07, 6.45) is 3.11. The monoisotopic (exact) mass is 320 g/mol. The molecule has 1 aromatic heterocycles. The van der Waals surface area contributed by atoms with Crippen molar-refractivity contribution >= 4 is 11.9 Å². The summed E-state index contributed by atoms with van der Waals surface area (Å²) in [5.74, 6) is -2.08. The smallest absolute Gasteiger partial charge is 0.326 e. The van der Waals surface area contributed by atoms with Crippen LogP contribution >= 0.6 is 0 Å². The minimum absolute atomic E-state index is 0.00271. The van der Waals surface area contributed by atoms with Gasteiger partial charge in [-0.25, -0.2) is 9.18 Å². The second-order valence-corrected chi connectivity index (χ2v) is 5.00. The van der Waals surface area contributed by atoms with Crippen LogP contribution in [0.1, 0.15) is 36.7 Å². The Hall–Kier alpha value is -2.77. The molecule has 2 aromatic rings. The molecule has 1 atom stereocenters. The molecule has 0 aliphatic rings. The SMILES string of the molecule is CCCC[C@H](NC(=O)c1cnn(-c2ccc(F)cc2)n1)C(=O)O. The van der Waals surface area contributed by atoms with Gasteiger partial charge in [-0.15, -0.1) is 5.10 Å². The van der Waals surface area contributed by atoms with Gasteiger partial charge in [-0.2, -0.15) is 9.90 Å². The Labute approximate surface area is 132 Å². The highest BCUT2D eigenvalue weighted by Crippen LogP contribution is 2.08. The van der Waals surface area contributed by atoms with E-state index in [0.29, 0.717) is 18.5 Å². The third-order valence-electron chi connectivity index (χ3n) is 3.23. The Bertz CT molecular complexity index is 684. The highest BCUT2D eigenvalue weighted by molar-refractivity contribution is 5.94. The zero-order valence-corrected chi connectivity index (χ0v) is 12.6. The number of carbonyl (C=O) groups excluding carboxylic acids is 1. The molecule has 0 aliphatic heterocycles. The third kappa shape index (κ3) is 4.35. The van der Waals surface area contributed by atoms with E-state index in [9.17, 15) is 14.0 Å². The lowest BCUT2D eigenvalue weighted by Crippen LogP contribution is -2.40. The van der Waals surface area contributed by atoms with E-state index in [2.05, 4.69) is 15.5 Å². The number of nitrogens with zero attached hydrogens (tertiary/aromatic N) is 3. The minimum Gasteiger partial charge on any atom is -0.480 e. The van der Waals surface area contributed by atoms with Crippen LogP contribution in [0.25, 0.3) is 5.69 Å². The van der Waals surface area contributed by atoms with Crippen LogP contribution in [0.2, 0.25) is 0 Å². The molecule has 2 rings (SSSR count). The normalized spacial score (nSPS) is 11.9. The Kier molecular flexibility index (Phi) is 5.40. The van der Waals surface area contributed by atoms with Gasteiger partial charge >= 0.3 is 5.97 Å². The summed E-state index contributed by atoms with van der Waals surface area (Å²) in [4.78, 5) is 24.4. The summed E-state index contributed by atoms with van der Waals surface area (Å²) in [6, 6.07) is 4.49. The Morgan fingerprint density at radius 3 is 2.65 bits per heavy atom. The summed E-state index contributed by atoms with van der Waals surface area (Å²) in [5.41, 5.74) is 0.489. The molecule has 0 bridgehead atoms. The van der Waals surface area contributed by atoms with Crippen molar-refractivity contribution in [1.29, 1.82) is 0 Å². The molecule has 122 valence electrons. The van der Waals surface area contributed by atoms with Gasteiger partial charge in [-0.05, 0) is 30.7 Å². The number of nitrogens with one attached hydrogen (secondary N) is 1. The van der Waals surface area contributed by atoms with E-state index >= 15 is 0 Å². The van der Waals surface area contributed by atoms with Gasteiger partial charge in [0.25, 0.3) is 5.91 Å². The molecule has 1 aromatic carbocycles. The maximum absolute atomic E-state index is 12.9. The highest BCUT2D eigenvalue weighted by atomic mass is 19.1. The summed E-state index contributed by atoms with van der Waals surface area (Å²) < 4.78 is 12.9. The number of unbranched alkanes of at least 4 members (excludes halogenated alkanes) is 1. The molecule has 1 amide bonds. The molecule has 0 radical (unpaired) electrons. The Morgan fingerprint density at radius 2 is 2.04 bits per heavy atom. The topological polar surface area (TPSA) is 97.1 Å². The Morgan fingerprint density at radius 1 is 1.35 bits per heavy atom. The maximum atomic E-state index is 12.9. The van der Waals surface area contributed by atoms with Gasteiger partial charge in [0.1, 0.15) is 11.9 Å². The van der Waals surface area contributed by atoms with E-state index in [0.717, 1.165) is 6.42 Å². The van der Waals surface area contributed by atoms with E-state index in [1.807, 2.05) is 6.92 Å². The number of halogens is 1. The van der Waals surface area contributed by atoms with E-state index in [1.54, 1.807) is 0 Å². The number of amides is 1. The molecule has 23 heavy (non-hydrogen) atoms. The van der Waals surface area contributed by atoms with Gasteiger partial charge < -0.3 is 10.4 Å². The standard InChI is InChI=1S/C15H17FN4O3/c1-2-3-4-12(15(22)23)18-14(21)13-9-17-20(19-13)11-7-5-10(16)6-8-11/h5-9,12H,2-4H2,1H3,(H,18,21)(H,22,23)/t12-/m0/s1. The zero-order valence-electron chi connectivity index (χ0n) is 12.6. The van der Waals surface area contributed by atoms with E-state index in [-0.39, 0.29) is 11.5 Å². The predicted molar refractivity (Wildman–Crippen MR) is 79.7 cm³/mol. The molecule has 2 N–H and O–H groups in total. The summed E-state index contributed by atoms with van der Waals surface area (Å²) in [5, 5.41) is 19.4. The number of aromatic nitrogens is 3. The number of hydrogen-bond donors (Lipinski definition) is 2. The largest absolute Gasteiger partial charge is 0.480 e. The highest BCUT2D eigenvalue weighted by Gasteiger charge is 2.21. The van der Waals surface area contributed by atoms with Crippen LogP contribution in [0.3, 0.4) is 0 Å². The average Bonchev–Trinajstić information content (AvgIpc) is 3.01. The fourth-order valence-electron chi connectivity index (χ4n) is 1.96. The van der Waals surface area contributed by atoms with Crippen molar-refractivity contribution in [2.75, 3.05) is 0 Å². The quantitative estimate of drug-likeness (QED) is 0.810. The number of rotatable bonds is 7. The lowest BCUT2D eigenvalue weighted by atomic mass is 10.1. The van der Waals surface area contributed by atoms with Crippen LogP contribution in [0.4, 0.5) is 4.39 Å². The van der Waals surface area contributed by atoms with Crippen molar-refractivity contribution in [3.63, 3.8) is 0 Å². The second kappa shape index (κ2) is 7.48. The number of benzene rings is 1. The second-order valence-electron chi connectivity index (χ2n) is 5.00. The number of aliphatic carboxylic acids is 1. The molecule has 0 spiro atoms. The zero-order chi connectivity index (χ0) is 16.8. The van der Waals surface area contributed by atoms with E-state index < -0.39 is 17.9 Å². The Balaban J connectivity index is 2.08. The number of carbonyl (C=O) groups is 2. The van der Waals surface area contributed by atoms with Crippen LogP contribution in [-0.2, 0) is 4.79 Å². The van der Waals surface area contributed by atoms with Gasteiger partial charge in [0.15, 0.2) is 5.69 Å². The number of carboxylic acid groups (broad SMARTS) is 1. The molecule has 1 heterocycles. The van der Waals surface area contributed by atoms with Crippen LogP contribution < -0.4 is 5.32 Å². The van der Waals surface area contributed by atoms with Crippen LogP contribution in [0.5, 0.6) is 0 Å². The van der Waals surface area contributed by atoms with Crippen LogP contribution in [-0.4, -0.2) is 38.0 Å². The summed E-state index contributed by atoms with van der Waals surface area (Å²) in [6.45, 7) is 1.94. The molecule has 0 unspecified atom stereocenters. The fraction of sp³-hybridized carbons (Fsp3) is 0.333. The third-order valence-corrected chi connectivity index (χ3v) is 3.23. The first-order valence-electron chi connectivity index (χ1n) is 7.23. The predicted octanol–water partition coefficient (Wildman–Crippen LogP) is 1.78. The van der Waals surface area contributed by atoms with Crippen molar-refractivity contribution in [1.82, 2.24) is 20.3 Å². The average molecular weight is 320 g/mol. The van der Waals surface area contributed by atoms with E-state index in [4.69, 9.17) is 5.11 Å². The first-order valence-corrected chi connectivity index (χ1v) is 7.23. The van der Waals surface area contributed by atoms with Crippen molar-refractivity contribution in [3.8, 4) is 5.69 Å². The molecule has 0 aliphatic carbocycles. The molecular formula is C15H17FN4O3. The van der Waals surface area contributed by atoms with Gasteiger partial charge in [-0.1, -0.05) is 19.8 Å². The lowest BCUT2D eigenvalue weighted by molar-refractivity contribution is -0.139. The molecule has 8 heteroatoms. The molecule has 0 fully saturated rings. The molecule has 0 saturated heterocycles. The van der Waals surface area contributed by atoms with Gasteiger partial charge in [-0.3, -0.25) is 4.79 Å². The lowest BCUT2D eigenvalue weighted by Gasteiger charge is -2.12. The number of carboxylic acids is 1. The van der Waals surface area contributed by atoms with Gasteiger partial charge in [0, 0.05) is 0 Å². The summed E-state index contributed by atoms with van der Waals surface area (Å²) in [7, 11) is 0. The van der Waals surface area contributed by atoms with Crippen molar-refractivity contribution < 1.29 is 19.1 Å². The van der Waals surface area contributed by atoms with Crippen LogP contribution in [0.15, 0.2) is 30.5 Å². The molecule has 7 nitrogen and oxygen atoms in total. The summed E-state index contributed by atoms with van der Waals surface area (Å²) >= 11 is 0. The molecule has 0 saturated carbocycles. The van der Waals surface area contributed by atoms with Crippen molar-refractivity contribution in [3.05, 3.63) is 42.0 Å². The van der Waals surface area contributed by atoms with Gasteiger partial charge in [0.2, 0.25) is 0 Å². The van der Waals surface area contributed by atoms with E-state index in [1.165, 1.54) is 35.3 Å². The minimum atomic E-state index is -1.09. The fourth-order valence-corrected chi connectivity index (χ4v) is 1.96. The van der Waals surface area contributed by atoms with Gasteiger partial charge in [0.05, 0.1) is 11.9 Å².